The van der Waals surface area contributed by atoms with Crippen LogP contribution in [0.25, 0.3) is 0 Å². The lowest BCUT2D eigenvalue weighted by Gasteiger charge is -2.31. The molecule has 0 aliphatic carbocycles. The fourth-order valence-corrected chi connectivity index (χ4v) is 6.41. The second-order valence-corrected chi connectivity index (χ2v) is 10.9. The van der Waals surface area contributed by atoms with Gasteiger partial charge in [0.1, 0.15) is 0 Å². The van der Waals surface area contributed by atoms with Gasteiger partial charge in [-0.2, -0.15) is 0 Å². The summed E-state index contributed by atoms with van der Waals surface area (Å²) in [7, 11) is -7.13. The largest absolute Gasteiger partial charge is 0.283 e. The molecule has 0 fully saturated rings. The molecule has 0 spiro atoms. The van der Waals surface area contributed by atoms with E-state index in [2.05, 4.69) is 4.72 Å². The van der Waals surface area contributed by atoms with E-state index in [0.29, 0.717) is 34.9 Å². The van der Waals surface area contributed by atoms with Crippen LogP contribution in [0.4, 0.5) is 11.4 Å². The highest BCUT2D eigenvalue weighted by molar-refractivity contribution is 7.92. The standard InChI is InChI=1S/C19H23ClN2O4S2/c1-2-12-28(25,26)22-11-5-7-15-9-10-17(13-19(15)22)21-27(23,24)14-16-6-3-4-8-18(16)20/h3-4,6,8-10,13,21H,2,5,7,11-12,14H2,1H3. The first-order valence-electron chi connectivity index (χ1n) is 9.09. The number of halogens is 1. The predicted molar refractivity (Wildman–Crippen MR) is 114 cm³/mol. The van der Waals surface area contributed by atoms with Crippen LogP contribution in [0.15, 0.2) is 42.5 Å². The van der Waals surface area contributed by atoms with Crippen molar-refractivity contribution >= 4 is 43.0 Å². The zero-order chi connectivity index (χ0) is 20.4. The third-order valence-electron chi connectivity index (χ3n) is 4.54. The molecular weight excluding hydrogens is 420 g/mol. The summed E-state index contributed by atoms with van der Waals surface area (Å²) in [5, 5.41) is 0.384. The highest BCUT2D eigenvalue weighted by atomic mass is 35.5. The van der Waals surface area contributed by atoms with Crippen molar-refractivity contribution in [3.8, 4) is 0 Å². The molecule has 28 heavy (non-hydrogen) atoms. The van der Waals surface area contributed by atoms with Gasteiger partial charge in [0.15, 0.2) is 0 Å². The second-order valence-electron chi connectivity index (χ2n) is 6.79. The van der Waals surface area contributed by atoms with Crippen LogP contribution in [0.1, 0.15) is 30.9 Å². The zero-order valence-corrected chi connectivity index (χ0v) is 17.9. The van der Waals surface area contributed by atoms with Crippen molar-refractivity contribution in [1.82, 2.24) is 0 Å². The average Bonchev–Trinajstić information content (AvgIpc) is 2.62. The van der Waals surface area contributed by atoms with Crippen molar-refractivity contribution < 1.29 is 16.8 Å². The first-order chi connectivity index (χ1) is 13.2. The number of hydrogen-bond acceptors (Lipinski definition) is 4. The van der Waals surface area contributed by atoms with E-state index in [-0.39, 0.29) is 11.5 Å². The number of hydrogen-bond donors (Lipinski definition) is 1. The molecule has 0 radical (unpaired) electrons. The Hall–Kier alpha value is -1.77. The quantitative estimate of drug-likeness (QED) is 0.707. The number of fused-ring (bicyclic) bond motifs is 1. The Balaban J connectivity index is 1.87. The summed E-state index contributed by atoms with van der Waals surface area (Å²) in [4.78, 5) is 0. The Bertz CT molecular complexity index is 1070. The van der Waals surface area contributed by atoms with E-state index in [1.165, 1.54) is 4.31 Å². The topological polar surface area (TPSA) is 83.6 Å². The molecule has 0 unspecified atom stereocenters. The van der Waals surface area contributed by atoms with Crippen LogP contribution in [0, 0.1) is 0 Å². The summed E-state index contributed by atoms with van der Waals surface area (Å²) in [5.41, 5.74) is 2.30. The second kappa shape index (κ2) is 8.31. The zero-order valence-electron chi connectivity index (χ0n) is 15.6. The number of rotatable bonds is 7. The number of aryl methyl sites for hydroxylation is 1. The fraction of sp³-hybridized carbons (Fsp3) is 0.368. The van der Waals surface area contributed by atoms with Gasteiger partial charge in [0.2, 0.25) is 20.0 Å². The Kier molecular flexibility index (Phi) is 6.21. The molecule has 1 N–H and O–H groups in total. The summed E-state index contributed by atoms with van der Waals surface area (Å²) >= 11 is 6.06. The molecule has 0 aromatic heterocycles. The molecule has 1 aliphatic rings. The van der Waals surface area contributed by atoms with E-state index in [0.717, 1.165) is 18.4 Å². The lowest BCUT2D eigenvalue weighted by molar-refractivity contribution is 0.585. The molecular formula is C19H23ClN2O4S2. The summed E-state index contributed by atoms with van der Waals surface area (Å²) in [6.07, 6.45) is 2.03. The van der Waals surface area contributed by atoms with E-state index in [1.54, 1.807) is 42.5 Å². The molecule has 9 heteroatoms. The molecule has 6 nitrogen and oxygen atoms in total. The van der Waals surface area contributed by atoms with E-state index >= 15 is 0 Å². The van der Waals surface area contributed by atoms with Gasteiger partial charge in [-0.25, -0.2) is 16.8 Å². The van der Waals surface area contributed by atoms with Crippen molar-refractivity contribution in [1.29, 1.82) is 0 Å². The maximum absolute atomic E-state index is 12.6. The minimum absolute atomic E-state index is 0.0644. The maximum atomic E-state index is 12.6. The van der Waals surface area contributed by atoms with Gasteiger partial charge in [-0.15, -0.1) is 0 Å². The Morgan fingerprint density at radius 3 is 2.57 bits per heavy atom. The Morgan fingerprint density at radius 2 is 1.86 bits per heavy atom. The Labute approximate surface area is 171 Å². The molecule has 0 amide bonds. The van der Waals surface area contributed by atoms with Crippen molar-refractivity contribution in [3.05, 3.63) is 58.6 Å². The van der Waals surface area contributed by atoms with Gasteiger partial charge in [0.05, 0.1) is 22.9 Å². The SMILES string of the molecule is CCCS(=O)(=O)N1CCCc2ccc(NS(=O)(=O)Cc3ccccc3Cl)cc21. The maximum Gasteiger partial charge on any atom is 0.236 e. The van der Waals surface area contributed by atoms with Crippen LogP contribution >= 0.6 is 11.6 Å². The molecule has 1 heterocycles. The molecule has 3 rings (SSSR count). The van der Waals surface area contributed by atoms with E-state index in [9.17, 15) is 16.8 Å². The van der Waals surface area contributed by atoms with Crippen LogP contribution in [-0.4, -0.2) is 29.1 Å². The summed E-state index contributed by atoms with van der Waals surface area (Å²) in [5.74, 6) is -0.198. The van der Waals surface area contributed by atoms with Crippen LogP contribution in [0.3, 0.4) is 0 Å². The van der Waals surface area contributed by atoms with Gasteiger partial charge in [-0.1, -0.05) is 42.8 Å². The number of anilines is 2. The number of nitrogens with zero attached hydrogens (tertiary/aromatic N) is 1. The number of benzene rings is 2. The van der Waals surface area contributed by atoms with Gasteiger partial charge < -0.3 is 0 Å². The molecule has 2 aromatic rings. The molecule has 0 bridgehead atoms. The molecule has 0 atom stereocenters. The summed E-state index contributed by atoms with van der Waals surface area (Å²) < 4.78 is 54.3. The lowest BCUT2D eigenvalue weighted by Crippen LogP contribution is -2.37. The molecule has 0 saturated heterocycles. The van der Waals surface area contributed by atoms with Gasteiger partial charge in [-0.3, -0.25) is 9.03 Å². The highest BCUT2D eigenvalue weighted by Gasteiger charge is 2.27. The number of nitrogens with one attached hydrogen (secondary N) is 1. The van der Waals surface area contributed by atoms with Crippen molar-refractivity contribution in [3.63, 3.8) is 0 Å². The van der Waals surface area contributed by atoms with E-state index in [4.69, 9.17) is 11.6 Å². The first kappa shape index (κ1) is 21.0. The number of sulfonamides is 2. The molecule has 152 valence electrons. The minimum atomic E-state index is -3.70. The highest BCUT2D eigenvalue weighted by Crippen LogP contribution is 2.33. The molecule has 2 aromatic carbocycles. The van der Waals surface area contributed by atoms with Gasteiger partial charge in [0.25, 0.3) is 0 Å². The minimum Gasteiger partial charge on any atom is -0.283 e. The van der Waals surface area contributed by atoms with Gasteiger partial charge in [0, 0.05) is 11.6 Å². The third kappa shape index (κ3) is 4.79. The van der Waals surface area contributed by atoms with Crippen molar-refractivity contribution in [2.75, 3.05) is 21.3 Å². The van der Waals surface area contributed by atoms with Gasteiger partial charge in [-0.05, 0) is 48.6 Å². The smallest absolute Gasteiger partial charge is 0.236 e. The van der Waals surface area contributed by atoms with E-state index < -0.39 is 20.0 Å². The molecule has 1 aliphatic heterocycles. The first-order valence-corrected chi connectivity index (χ1v) is 12.7. The van der Waals surface area contributed by atoms with Gasteiger partial charge >= 0.3 is 0 Å². The summed E-state index contributed by atoms with van der Waals surface area (Å²) in [6, 6.07) is 11.8. The predicted octanol–water partition coefficient (Wildman–Crippen LogP) is 3.77. The van der Waals surface area contributed by atoms with Crippen molar-refractivity contribution in [2.24, 2.45) is 0 Å². The fourth-order valence-electron chi connectivity index (χ4n) is 3.30. The van der Waals surface area contributed by atoms with Crippen LogP contribution in [0.2, 0.25) is 5.02 Å². The monoisotopic (exact) mass is 442 g/mol. The Morgan fingerprint density at radius 1 is 1.11 bits per heavy atom. The van der Waals surface area contributed by atoms with Crippen LogP contribution in [0.5, 0.6) is 0 Å². The third-order valence-corrected chi connectivity index (χ3v) is 8.12. The van der Waals surface area contributed by atoms with Crippen LogP contribution < -0.4 is 9.03 Å². The van der Waals surface area contributed by atoms with Crippen LogP contribution in [-0.2, 0) is 32.2 Å². The molecule has 0 saturated carbocycles. The summed E-state index contributed by atoms with van der Waals surface area (Å²) in [6.45, 7) is 2.23. The average molecular weight is 443 g/mol. The van der Waals surface area contributed by atoms with E-state index in [1.807, 2.05) is 6.92 Å². The van der Waals surface area contributed by atoms with Crippen molar-refractivity contribution in [2.45, 2.75) is 31.9 Å². The normalized spacial score (nSPS) is 14.6. The lowest BCUT2D eigenvalue weighted by atomic mass is 10.0.